The zero-order chi connectivity index (χ0) is 30.8. The highest BCUT2D eigenvalue weighted by atomic mass is 32.2. The van der Waals surface area contributed by atoms with Gasteiger partial charge in [-0.15, -0.1) is 0 Å². The number of fused-ring (bicyclic) bond motifs is 1. The Bertz CT molecular complexity index is 1940. The highest BCUT2D eigenvalue weighted by Gasteiger charge is 2.33. The number of anilines is 1. The molecule has 220 valence electrons. The van der Waals surface area contributed by atoms with Crippen LogP contribution >= 0.6 is 11.8 Å². The number of rotatable bonds is 8. The van der Waals surface area contributed by atoms with E-state index in [0.717, 1.165) is 22.0 Å². The van der Waals surface area contributed by atoms with E-state index in [2.05, 4.69) is 34.1 Å². The molecule has 0 bridgehead atoms. The molecule has 0 aliphatic carbocycles. The van der Waals surface area contributed by atoms with E-state index >= 15 is 0 Å². The van der Waals surface area contributed by atoms with Crippen molar-refractivity contribution in [2.45, 2.75) is 43.4 Å². The monoisotopic (exact) mass is 603 g/mol. The molecule has 0 radical (unpaired) electrons. The molecular formula is C34H29N5O4S. The van der Waals surface area contributed by atoms with E-state index in [1.807, 2.05) is 57.2 Å². The lowest BCUT2D eigenvalue weighted by molar-refractivity contribution is -0.141. The molecule has 1 atom stereocenters. The topological polar surface area (TPSA) is 121 Å². The predicted octanol–water partition coefficient (Wildman–Crippen LogP) is 7.69. The SMILES string of the molecule is [C-]#[N+]c1c(N)nc(SCc2nc(-c3ccc4ccccc4c3)oc2C)c(C#N)c1-c1ccc(OC[C@@H]2COC(C)(C)O2)cc1. The van der Waals surface area contributed by atoms with Crippen LogP contribution in [0.5, 0.6) is 5.75 Å². The standard InChI is InChI=1S/C34H29N5O4S/c1-20-28(38-32(42-20)24-10-9-21-7-5-6-8-23(21)15-24)19-44-33-27(16-35)29(30(37-4)31(36)39-33)22-11-13-25(14-12-22)40-17-26-18-41-34(2,3)43-26/h5-15,26H,17-19H2,1-3H3,(H2,36,39)/t26-/m1/s1. The zero-order valence-corrected chi connectivity index (χ0v) is 25.3. The second kappa shape index (κ2) is 12.0. The van der Waals surface area contributed by atoms with E-state index in [-0.39, 0.29) is 23.2 Å². The first-order valence-electron chi connectivity index (χ1n) is 14.0. The molecule has 10 heteroatoms. The normalized spacial score (nSPS) is 15.6. The summed E-state index contributed by atoms with van der Waals surface area (Å²) in [7, 11) is 0. The lowest BCUT2D eigenvalue weighted by Gasteiger charge is -2.17. The molecule has 5 aromatic rings. The van der Waals surface area contributed by atoms with Crippen molar-refractivity contribution >= 4 is 34.0 Å². The van der Waals surface area contributed by atoms with Crippen LogP contribution in [-0.2, 0) is 15.2 Å². The number of aromatic nitrogens is 2. The van der Waals surface area contributed by atoms with Crippen LogP contribution in [0.1, 0.15) is 30.9 Å². The quantitative estimate of drug-likeness (QED) is 0.140. The summed E-state index contributed by atoms with van der Waals surface area (Å²) in [6.45, 7) is 14.2. The number of aryl methyl sites for hydroxylation is 1. The predicted molar refractivity (Wildman–Crippen MR) is 169 cm³/mol. The van der Waals surface area contributed by atoms with Gasteiger partial charge in [0.05, 0.1) is 24.4 Å². The van der Waals surface area contributed by atoms with Crippen molar-refractivity contribution in [3.8, 4) is 34.4 Å². The van der Waals surface area contributed by atoms with Gasteiger partial charge in [-0.3, -0.25) is 0 Å². The fourth-order valence-corrected chi connectivity index (χ4v) is 6.07. The van der Waals surface area contributed by atoms with E-state index in [1.54, 1.807) is 12.1 Å². The number of benzene rings is 3. The first-order valence-corrected chi connectivity index (χ1v) is 15.0. The number of hydrogen-bond donors (Lipinski definition) is 1. The number of nitrogens with zero attached hydrogens (tertiary/aromatic N) is 4. The van der Waals surface area contributed by atoms with Crippen molar-refractivity contribution < 1.29 is 18.6 Å². The minimum Gasteiger partial charge on any atom is -0.491 e. The summed E-state index contributed by atoms with van der Waals surface area (Å²) in [6, 6.07) is 23.7. The van der Waals surface area contributed by atoms with Gasteiger partial charge in [0.25, 0.3) is 0 Å². The summed E-state index contributed by atoms with van der Waals surface area (Å²) < 4.78 is 23.3. The smallest absolute Gasteiger partial charge is 0.236 e. The van der Waals surface area contributed by atoms with Crippen molar-refractivity contribution in [1.82, 2.24) is 9.97 Å². The van der Waals surface area contributed by atoms with E-state index < -0.39 is 5.79 Å². The number of thioether (sulfide) groups is 1. The maximum atomic E-state index is 10.2. The molecule has 0 spiro atoms. The number of nitrogen functional groups attached to an aromatic ring is 1. The van der Waals surface area contributed by atoms with E-state index in [0.29, 0.717) is 52.5 Å². The van der Waals surface area contributed by atoms with Crippen molar-refractivity contribution in [3.63, 3.8) is 0 Å². The number of pyridine rings is 1. The Hall–Kier alpha value is -4.87. The Morgan fingerprint density at radius 2 is 1.84 bits per heavy atom. The van der Waals surface area contributed by atoms with Crippen LogP contribution in [0.4, 0.5) is 11.5 Å². The lowest BCUT2D eigenvalue weighted by atomic mass is 10.00. The highest BCUT2D eigenvalue weighted by molar-refractivity contribution is 7.98. The largest absolute Gasteiger partial charge is 0.491 e. The fourth-order valence-electron chi connectivity index (χ4n) is 5.07. The minimum atomic E-state index is -0.620. The summed E-state index contributed by atoms with van der Waals surface area (Å²) in [5.41, 5.74) is 9.38. The van der Waals surface area contributed by atoms with Gasteiger partial charge in [0, 0.05) is 16.9 Å². The Balaban J connectivity index is 1.23. The second-order valence-corrected chi connectivity index (χ2v) is 11.7. The number of hydrogen-bond acceptors (Lipinski definition) is 9. The van der Waals surface area contributed by atoms with E-state index in [9.17, 15) is 5.26 Å². The van der Waals surface area contributed by atoms with Gasteiger partial charge in [0.15, 0.2) is 5.79 Å². The van der Waals surface area contributed by atoms with E-state index in [1.165, 1.54) is 11.8 Å². The molecule has 3 aromatic carbocycles. The first-order chi connectivity index (χ1) is 21.2. The summed E-state index contributed by atoms with van der Waals surface area (Å²) in [6.07, 6.45) is -0.167. The molecular weight excluding hydrogens is 574 g/mol. The van der Waals surface area contributed by atoms with Crippen molar-refractivity contribution in [1.29, 1.82) is 5.26 Å². The Morgan fingerprint density at radius 1 is 1.09 bits per heavy atom. The molecule has 0 amide bonds. The summed E-state index contributed by atoms with van der Waals surface area (Å²) in [5.74, 6) is 1.68. The molecule has 2 aromatic heterocycles. The highest BCUT2D eigenvalue weighted by Crippen LogP contribution is 2.42. The van der Waals surface area contributed by atoms with Gasteiger partial charge >= 0.3 is 0 Å². The van der Waals surface area contributed by atoms with Crippen molar-refractivity contribution in [2.75, 3.05) is 18.9 Å². The third kappa shape index (κ3) is 5.97. The van der Waals surface area contributed by atoms with Gasteiger partial charge < -0.3 is 24.4 Å². The Kier molecular flexibility index (Phi) is 7.98. The van der Waals surface area contributed by atoms with Crippen LogP contribution in [0, 0.1) is 24.8 Å². The van der Waals surface area contributed by atoms with Gasteiger partial charge in [-0.25, -0.2) is 14.8 Å². The van der Waals surface area contributed by atoms with Crippen LogP contribution in [0.2, 0.25) is 0 Å². The van der Waals surface area contributed by atoms with Gasteiger partial charge in [-0.1, -0.05) is 54.2 Å². The molecule has 1 saturated heterocycles. The van der Waals surface area contributed by atoms with Gasteiger partial charge in [0.2, 0.25) is 11.6 Å². The average molecular weight is 604 g/mol. The van der Waals surface area contributed by atoms with Gasteiger partial charge in [-0.05, 0) is 61.4 Å². The molecule has 0 unspecified atom stereocenters. The van der Waals surface area contributed by atoms with Crippen LogP contribution < -0.4 is 10.5 Å². The minimum absolute atomic E-state index is 0.0616. The van der Waals surface area contributed by atoms with Crippen LogP contribution in [0.3, 0.4) is 0 Å². The molecule has 0 saturated carbocycles. The Morgan fingerprint density at radius 3 is 2.55 bits per heavy atom. The average Bonchev–Trinajstić information content (AvgIpc) is 3.58. The number of nitrogens with two attached hydrogens (primary N) is 1. The molecule has 9 nitrogen and oxygen atoms in total. The van der Waals surface area contributed by atoms with Crippen LogP contribution in [0.25, 0.3) is 38.2 Å². The molecule has 1 aliphatic rings. The summed E-state index contributed by atoms with van der Waals surface area (Å²) >= 11 is 1.33. The summed E-state index contributed by atoms with van der Waals surface area (Å²) in [4.78, 5) is 12.8. The van der Waals surface area contributed by atoms with Crippen LogP contribution in [0.15, 0.2) is 76.2 Å². The Labute approximate surface area is 259 Å². The van der Waals surface area contributed by atoms with Crippen molar-refractivity contribution in [2.24, 2.45) is 0 Å². The first kappa shape index (κ1) is 29.2. The molecule has 2 N–H and O–H groups in total. The van der Waals surface area contributed by atoms with Gasteiger partial charge in [-0.2, -0.15) is 5.26 Å². The molecule has 3 heterocycles. The number of ether oxygens (including phenoxy) is 3. The van der Waals surface area contributed by atoms with Crippen LogP contribution in [-0.4, -0.2) is 35.1 Å². The van der Waals surface area contributed by atoms with Gasteiger partial charge in [0.1, 0.15) is 41.1 Å². The lowest BCUT2D eigenvalue weighted by Crippen LogP contribution is -2.25. The third-order valence-electron chi connectivity index (χ3n) is 7.27. The zero-order valence-electron chi connectivity index (χ0n) is 24.5. The maximum Gasteiger partial charge on any atom is 0.236 e. The summed E-state index contributed by atoms with van der Waals surface area (Å²) in [5, 5.41) is 12.9. The van der Waals surface area contributed by atoms with E-state index in [4.69, 9.17) is 35.9 Å². The van der Waals surface area contributed by atoms with Crippen molar-refractivity contribution in [3.05, 3.63) is 95.2 Å². The second-order valence-electron chi connectivity index (χ2n) is 10.8. The maximum absolute atomic E-state index is 10.2. The molecule has 1 fully saturated rings. The number of oxazole rings is 1. The molecule has 6 rings (SSSR count). The molecule has 1 aliphatic heterocycles. The third-order valence-corrected chi connectivity index (χ3v) is 8.26. The molecule has 44 heavy (non-hydrogen) atoms. The number of nitriles is 1. The fraction of sp³-hybridized carbons (Fsp3) is 0.235.